The van der Waals surface area contributed by atoms with E-state index in [0.29, 0.717) is 30.2 Å². The van der Waals surface area contributed by atoms with E-state index in [1.165, 1.54) is 6.07 Å². The van der Waals surface area contributed by atoms with Gasteiger partial charge in [-0.05, 0) is 67.2 Å². The van der Waals surface area contributed by atoms with E-state index in [-0.39, 0.29) is 24.1 Å². The summed E-state index contributed by atoms with van der Waals surface area (Å²) in [4.78, 5) is 35.4. The summed E-state index contributed by atoms with van der Waals surface area (Å²) >= 11 is 0. The zero-order chi connectivity index (χ0) is 24.3. The van der Waals surface area contributed by atoms with E-state index in [2.05, 4.69) is 25.5 Å². The number of nitrogens with one attached hydrogen (secondary N) is 2. The summed E-state index contributed by atoms with van der Waals surface area (Å²) in [5.41, 5.74) is 0.428. The highest BCUT2D eigenvalue weighted by Gasteiger charge is 2.52. The van der Waals surface area contributed by atoms with Gasteiger partial charge in [0.05, 0.1) is 0 Å². The molecular weight excluding hydrogens is 449 g/mol. The lowest BCUT2D eigenvalue weighted by molar-refractivity contribution is -0.126. The number of aromatic nitrogens is 2. The average molecular weight is 476 g/mol. The molecule has 0 unspecified atom stereocenters. The molecule has 2 saturated heterocycles. The van der Waals surface area contributed by atoms with Crippen LogP contribution in [0.2, 0.25) is 0 Å². The fourth-order valence-corrected chi connectivity index (χ4v) is 4.95. The molecule has 2 aliphatic heterocycles. The molecule has 3 aromatic rings. The number of hydrogen-bond donors (Lipinski definition) is 2. The second kappa shape index (κ2) is 9.79. The van der Waals surface area contributed by atoms with Crippen LogP contribution in [0.4, 0.5) is 9.18 Å². The molecule has 2 aliphatic rings. The van der Waals surface area contributed by atoms with Crippen molar-refractivity contribution in [2.24, 2.45) is 5.92 Å². The topological polar surface area (TPSA) is 96.5 Å². The lowest BCUT2D eigenvalue weighted by Gasteiger charge is -2.40. The van der Waals surface area contributed by atoms with Crippen LogP contribution >= 0.6 is 0 Å². The van der Waals surface area contributed by atoms with E-state index < -0.39 is 11.6 Å². The first-order chi connectivity index (χ1) is 17.0. The van der Waals surface area contributed by atoms with Gasteiger partial charge in [-0.1, -0.05) is 30.3 Å². The lowest BCUT2D eigenvalue weighted by atomic mass is 9.74. The number of nitrogens with zero attached hydrogens (tertiary/aromatic N) is 3. The maximum absolute atomic E-state index is 14.4. The van der Waals surface area contributed by atoms with Crippen molar-refractivity contribution >= 4 is 11.9 Å². The van der Waals surface area contributed by atoms with E-state index in [4.69, 9.17) is 4.74 Å². The van der Waals surface area contributed by atoms with Gasteiger partial charge in [0.15, 0.2) is 0 Å². The highest BCUT2D eigenvalue weighted by molar-refractivity contribution is 6.07. The quantitative estimate of drug-likeness (QED) is 0.508. The van der Waals surface area contributed by atoms with Gasteiger partial charge in [0.25, 0.3) is 5.91 Å². The van der Waals surface area contributed by atoms with Crippen molar-refractivity contribution in [1.29, 1.82) is 0 Å². The van der Waals surface area contributed by atoms with Gasteiger partial charge in [-0.25, -0.2) is 19.2 Å². The molecule has 0 spiro atoms. The third-order valence-corrected chi connectivity index (χ3v) is 6.76. The number of urea groups is 1. The van der Waals surface area contributed by atoms with Crippen molar-refractivity contribution in [2.45, 2.75) is 31.3 Å². The van der Waals surface area contributed by atoms with Crippen LogP contribution in [0.3, 0.4) is 0 Å². The van der Waals surface area contributed by atoms with E-state index in [0.717, 1.165) is 25.2 Å². The third-order valence-electron chi connectivity index (χ3n) is 6.76. The maximum atomic E-state index is 14.4. The second-order valence-corrected chi connectivity index (χ2v) is 8.98. The summed E-state index contributed by atoms with van der Waals surface area (Å²) in [7, 11) is 0. The summed E-state index contributed by atoms with van der Waals surface area (Å²) in [6.07, 6.45) is 4.82. The normalized spacial score (nSPS) is 20.9. The molecule has 2 aromatic carbocycles. The summed E-state index contributed by atoms with van der Waals surface area (Å²) in [6, 6.07) is 15.7. The average Bonchev–Trinajstić information content (AvgIpc) is 3.16. The van der Waals surface area contributed by atoms with Crippen LogP contribution < -0.4 is 15.4 Å². The molecule has 0 radical (unpaired) electrons. The van der Waals surface area contributed by atoms with Crippen molar-refractivity contribution in [3.05, 3.63) is 83.9 Å². The largest absolute Gasteiger partial charge is 0.424 e. The molecule has 3 amide bonds. The number of hydrogen-bond acceptors (Lipinski definition) is 6. The van der Waals surface area contributed by atoms with E-state index >= 15 is 0 Å². The number of benzene rings is 2. The van der Waals surface area contributed by atoms with Crippen LogP contribution in [0.25, 0.3) is 0 Å². The molecule has 2 N–H and O–H groups in total. The monoisotopic (exact) mass is 475 g/mol. The van der Waals surface area contributed by atoms with Crippen molar-refractivity contribution in [3.8, 4) is 11.8 Å². The number of piperidine rings is 1. The van der Waals surface area contributed by atoms with Crippen LogP contribution in [0, 0.1) is 11.7 Å². The Morgan fingerprint density at radius 2 is 1.71 bits per heavy atom. The molecule has 5 rings (SSSR count). The number of carbonyl (C=O) groups is 2. The molecule has 3 heterocycles. The molecule has 2 fully saturated rings. The predicted octanol–water partition coefficient (Wildman–Crippen LogP) is 3.44. The van der Waals surface area contributed by atoms with Crippen molar-refractivity contribution in [2.75, 3.05) is 13.1 Å². The molecule has 1 aromatic heterocycles. The Labute approximate surface area is 202 Å². The van der Waals surface area contributed by atoms with E-state index in [1.807, 2.05) is 24.3 Å². The Bertz CT molecular complexity index is 1200. The van der Waals surface area contributed by atoms with Gasteiger partial charge in [-0.15, -0.1) is 0 Å². The standard InChI is InChI=1S/C26H26FN5O3/c27-22-5-2-1-4-19(22)16-26(23(33)30-24(34)31-26)20-10-14-32(15-11-20)17-18-6-8-21(9-7-18)35-25-28-12-3-13-29-25/h1-9,12-13,20H,10-11,14-17H2,(H2,30,31,33,34)/t26-/m1/s1. The van der Waals surface area contributed by atoms with Gasteiger partial charge in [-0.2, -0.15) is 0 Å². The van der Waals surface area contributed by atoms with Gasteiger partial charge >= 0.3 is 12.0 Å². The van der Waals surface area contributed by atoms with Crippen LogP contribution in [0.5, 0.6) is 11.8 Å². The number of likely N-dealkylation sites (tertiary alicyclic amines) is 1. The molecule has 8 nitrogen and oxygen atoms in total. The number of halogens is 1. The van der Waals surface area contributed by atoms with Crippen LogP contribution in [0.1, 0.15) is 24.0 Å². The van der Waals surface area contributed by atoms with Crippen LogP contribution in [-0.4, -0.2) is 45.4 Å². The van der Waals surface area contributed by atoms with Gasteiger partial charge in [0.2, 0.25) is 0 Å². The minimum Gasteiger partial charge on any atom is -0.424 e. The minimum absolute atomic E-state index is 0.0912. The van der Waals surface area contributed by atoms with E-state index in [1.54, 1.807) is 36.7 Å². The molecule has 180 valence electrons. The van der Waals surface area contributed by atoms with Gasteiger partial charge in [-0.3, -0.25) is 15.0 Å². The fourth-order valence-electron chi connectivity index (χ4n) is 4.95. The Hall–Kier alpha value is -3.85. The van der Waals surface area contributed by atoms with Crippen molar-refractivity contribution < 1.29 is 18.7 Å². The second-order valence-electron chi connectivity index (χ2n) is 8.98. The number of amides is 3. The summed E-state index contributed by atoms with van der Waals surface area (Å²) < 4.78 is 20.0. The van der Waals surface area contributed by atoms with Crippen molar-refractivity contribution in [1.82, 2.24) is 25.5 Å². The summed E-state index contributed by atoms with van der Waals surface area (Å²) in [5.74, 6) is -0.171. The number of rotatable bonds is 7. The van der Waals surface area contributed by atoms with Crippen LogP contribution in [0.15, 0.2) is 67.0 Å². The molecule has 1 atom stereocenters. The maximum Gasteiger partial charge on any atom is 0.322 e. The molecule has 0 saturated carbocycles. The van der Waals surface area contributed by atoms with Gasteiger partial charge in [0.1, 0.15) is 17.1 Å². The number of carbonyl (C=O) groups excluding carboxylic acids is 2. The van der Waals surface area contributed by atoms with Gasteiger partial charge in [0, 0.05) is 25.4 Å². The first-order valence-electron chi connectivity index (χ1n) is 11.6. The third kappa shape index (κ3) is 5.00. The minimum atomic E-state index is -1.14. The molecule has 35 heavy (non-hydrogen) atoms. The van der Waals surface area contributed by atoms with Crippen molar-refractivity contribution in [3.63, 3.8) is 0 Å². The first-order valence-corrected chi connectivity index (χ1v) is 11.6. The van der Waals surface area contributed by atoms with Gasteiger partial charge < -0.3 is 10.1 Å². The smallest absolute Gasteiger partial charge is 0.322 e. The Morgan fingerprint density at radius 3 is 2.37 bits per heavy atom. The Balaban J connectivity index is 1.22. The predicted molar refractivity (Wildman–Crippen MR) is 126 cm³/mol. The molecular formula is C26H26FN5O3. The molecule has 0 aliphatic carbocycles. The highest BCUT2D eigenvalue weighted by atomic mass is 19.1. The lowest BCUT2D eigenvalue weighted by Crippen LogP contribution is -2.57. The van der Waals surface area contributed by atoms with Crippen LogP contribution in [-0.2, 0) is 17.8 Å². The number of ether oxygens (including phenoxy) is 1. The molecule has 9 heteroatoms. The summed E-state index contributed by atoms with van der Waals surface area (Å²) in [6.45, 7) is 2.29. The zero-order valence-electron chi connectivity index (χ0n) is 19.1. The Kier molecular flexibility index (Phi) is 6.41. The zero-order valence-corrected chi connectivity index (χ0v) is 19.1. The summed E-state index contributed by atoms with van der Waals surface area (Å²) in [5, 5.41) is 5.22. The van der Waals surface area contributed by atoms with E-state index in [9.17, 15) is 14.0 Å². The number of imide groups is 1. The molecule has 0 bridgehead atoms. The first kappa shape index (κ1) is 22.9. The Morgan fingerprint density at radius 1 is 1.00 bits per heavy atom. The highest BCUT2D eigenvalue weighted by Crippen LogP contribution is 2.35. The fraction of sp³-hybridized carbons (Fsp3) is 0.308. The SMILES string of the molecule is O=C1NC(=O)[C@@](Cc2ccccc2F)(C2CCN(Cc3ccc(Oc4ncccn4)cc3)CC2)N1.